The summed E-state index contributed by atoms with van der Waals surface area (Å²) >= 11 is 0. The molecule has 24 heavy (non-hydrogen) atoms. The number of ether oxygens (including phenoxy) is 2. The molecule has 3 heterocycles. The largest absolute Gasteiger partial charge is 0.586 e. The molecular formula is C15H15F2N3O4. The van der Waals surface area contributed by atoms with Crippen molar-refractivity contribution in [3.63, 3.8) is 0 Å². The van der Waals surface area contributed by atoms with Gasteiger partial charge in [0.05, 0.1) is 6.54 Å². The minimum atomic E-state index is -3.63. The molecule has 2 saturated heterocycles. The van der Waals surface area contributed by atoms with Crippen molar-refractivity contribution in [3.8, 4) is 11.5 Å². The highest BCUT2D eigenvalue weighted by Crippen LogP contribution is 2.41. The predicted molar refractivity (Wildman–Crippen MR) is 76.4 cm³/mol. The summed E-state index contributed by atoms with van der Waals surface area (Å²) in [6.07, 6.45) is -3.63. The van der Waals surface area contributed by atoms with Gasteiger partial charge in [0.15, 0.2) is 11.5 Å². The molecule has 0 spiro atoms. The van der Waals surface area contributed by atoms with Crippen LogP contribution in [0.15, 0.2) is 18.2 Å². The molecule has 0 aromatic heterocycles. The number of rotatable bonds is 2. The molecule has 4 rings (SSSR count). The van der Waals surface area contributed by atoms with Gasteiger partial charge >= 0.3 is 6.29 Å². The summed E-state index contributed by atoms with van der Waals surface area (Å²) in [6, 6.07) is 4.13. The highest BCUT2D eigenvalue weighted by Gasteiger charge is 2.43. The second kappa shape index (κ2) is 5.30. The first-order valence-corrected chi connectivity index (χ1v) is 7.60. The molecular weight excluding hydrogens is 324 g/mol. The van der Waals surface area contributed by atoms with Gasteiger partial charge in [-0.15, -0.1) is 8.78 Å². The van der Waals surface area contributed by atoms with Gasteiger partial charge in [-0.1, -0.05) is 6.07 Å². The van der Waals surface area contributed by atoms with E-state index in [0.717, 1.165) is 5.56 Å². The van der Waals surface area contributed by atoms with E-state index in [1.807, 2.05) is 4.90 Å². The Morgan fingerprint density at radius 1 is 1.21 bits per heavy atom. The molecule has 1 N–H and O–H groups in total. The monoisotopic (exact) mass is 339 g/mol. The zero-order valence-corrected chi connectivity index (χ0v) is 12.6. The van der Waals surface area contributed by atoms with Crippen LogP contribution in [0.2, 0.25) is 0 Å². The van der Waals surface area contributed by atoms with Crippen molar-refractivity contribution in [2.75, 3.05) is 26.2 Å². The second-order valence-corrected chi connectivity index (χ2v) is 6.00. The van der Waals surface area contributed by atoms with E-state index >= 15 is 0 Å². The van der Waals surface area contributed by atoms with Crippen LogP contribution >= 0.6 is 0 Å². The summed E-state index contributed by atoms with van der Waals surface area (Å²) in [6.45, 7) is 2.00. The molecule has 3 aliphatic heterocycles. The van der Waals surface area contributed by atoms with Gasteiger partial charge in [0.2, 0.25) is 11.8 Å². The van der Waals surface area contributed by atoms with E-state index in [9.17, 15) is 18.4 Å². The smallest absolute Gasteiger partial charge is 0.395 e. The van der Waals surface area contributed by atoms with Gasteiger partial charge in [0, 0.05) is 26.2 Å². The Bertz CT molecular complexity index is 712. The fraction of sp³-hybridized carbons (Fsp3) is 0.467. The minimum Gasteiger partial charge on any atom is -0.395 e. The maximum absolute atomic E-state index is 13.1. The normalized spacial score (nSPS) is 25.4. The molecule has 128 valence electrons. The number of hydrogen-bond acceptors (Lipinski definition) is 5. The van der Waals surface area contributed by atoms with Crippen LogP contribution in [0, 0.1) is 0 Å². The maximum atomic E-state index is 13.1. The third kappa shape index (κ3) is 2.64. The SMILES string of the molecule is O=C1NCC(=O)N2CCN(Cc3ccc4c(c3)OC(F)(F)O4)CC12. The first-order valence-electron chi connectivity index (χ1n) is 7.60. The zero-order valence-electron chi connectivity index (χ0n) is 12.6. The van der Waals surface area contributed by atoms with Crippen LogP contribution in [-0.2, 0) is 16.1 Å². The molecule has 9 heteroatoms. The molecule has 0 aliphatic carbocycles. The highest BCUT2D eigenvalue weighted by molar-refractivity contribution is 5.95. The Morgan fingerprint density at radius 2 is 2.00 bits per heavy atom. The molecule has 1 aromatic carbocycles. The molecule has 2 amide bonds. The van der Waals surface area contributed by atoms with Gasteiger partial charge in [0.25, 0.3) is 0 Å². The van der Waals surface area contributed by atoms with Gasteiger partial charge in [-0.2, -0.15) is 0 Å². The second-order valence-electron chi connectivity index (χ2n) is 6.00. The van der Waals surface area contributed by atoms with Crippen LogP contribution in [0.3, 0.4) is 0 Å². The van der Waals surface area contributed by atoms with Crippen molar-refractivity contribution >= 4 is 11.8 Å². The first-order chi connectivity index (χ1) is 11.4. The van der Waals surface area contributed by atoms with Gasteiger partial charge in [0.1, 0.15) is 6.04 Å². The van der Waals surface area contributed by atoms with Crippen LogP contribution < -0.4 is 14.8 Å². The molecule has 2 fully saturated rings. The number of carbonyl (C=O) groups is 2. The third-order valence-electron chi connectivity index (χ3n) is 4.37. The number of piperazine rings is 2. The van der Waals surface area contributed by atoms with E-state index < -0.39 is 12.3 Å². The number of nitrogens with one attached hydrogen (secondary N) is 1. The van der Waals surface area contributed by atoms with E-state index in [-0.39, 0.29) is 29.9 Å². The summed E-state index contributed by atoms with van der Waals surface area (Å²) in [5.74, 6) is -0.235. The van der Waals surface area contributed by atoms with Gasteiger partial charge in [-0.3, -0.25) is 14.5 Å². The average molecular weight is 339 g/mol. The average Bonchev–Trinajstić information content (AvgIpc) is 2.84. The van der Waals surface area contributed by atoms with Crippen LogP contribution in [0.1, 0.15) is 5.56 Å². The van der Waals surface area contributed by atoms with Crippen LogP contribution in [0.5, 0.6) is 11.5 Å². The van der Waals surface area contributed by atoms with Crippen molar-refractivity contribution in [2.24, 2.45) is 0 Å². The number of benzene rings is 1. The lowest BCUT2D eigenvalue weighted by atomic mass is 10.1. The summed E-state index contributed by atoms with van der Waals surface area (Å²) in [7, 11) is 0. The number of fused-ring (bicyclic) bond motifs is 2. The summed E-state index contributed by atoms with van der Waals surface area (Å²) in [5, 5.41) is 2.58. The first kappa shape index (κ1) is 15.1. The van der Waals surface area contributed by atoms with E-state index in [4.69, 9.17) is 0 Å². The standard InChI is InChI=1S/C15H15F2N3O4/c16-15(17)23-11-2-1-9(5-12(11)24-15)7-19-3-4-20-10(8-19)14(22)18-6-13(20)21/h1-2,5,10H,3-4,6-8H2,(H,18,22). The maximum Gasteiger partial charge on any atom is 0.586 e. The van der Waals surface area contributed by atoms with Gasteiger partial charge < -0.3 is 19.7 Å². The molecule has 1 unspecified atom stereocenters. The van der Waals surface area contributed by atoms with E-state index in [2.05, 4.69) is 14.8 Å². The summed E-state index contributed by atoms with van der Waals surface area (Å²) in [4.78, 5) is 27.4. The number of amides is 2. The van der Waals surface area contributed by atoms with Gasteiger partial charge in [-0.05, 0) is 17.7 Å². The molecule has 0 radical (unpaired) electrons. The van der Waals surface area contributed by atoms with Crippen molar-refractivity contribution in [1.82, 2.24) is 15.1 Å². The fourth-order valence-electron chi connectivity index (χ4n) is 3.24. The lowest BCUT2D eigenvalue weighted by Crippen LogP contribution is -2.65. The quantitative estimate of drug-likeness (QED) is 0.831. The third-order valence-corrected chi connectivity index (χ3v) is 4.37. The Balaban J connectivity index is 1.45. The number of nitrogens with zero attached hydrogens (tertiary/aromatic N) is 2. The lowest BCUT2D eigenvalue weighted by Gasteiger charge is -2.42. The van der Waals surface area contributed by atoms with Crippen LogP contribution in [0.4, 0.5) is 8.78 Å². The van der Waals surface area contributed by atoms with Crippen LogP contribution in [0.25, 0.3) is 0 Å². The Morgan fingerprint density at radius 3 is 2.83 bits per heavy atom. The van der Waals surface area contributed by atoms with E-state index in [0.29, 0.717) is 26.2 Å². The number of carbonyl (C=O) groups excluding carboxylic acids is 2. The lowest BCUT2D eigenvalue weighted by molar-refractivity contribution is -0.286. The van der Waals surface area contributed by atoms with Crippen LogP contribution in [-0.4, -0.2) is 60.1 Å². The molecule has 1 aromatic rings. The Labute approximate surface area is 136 Å². The fourth-order valence-corrected chi connectivity index (χ4v) is 3.24. The molecule has 7 nitrogen and oxygen atoms in total. The summed E-state index contributed by atoms with van der Waals surface area (Å²) < 4.78 is 34.9. The number of alkyl halides is 2. The number of halogens is 2. The Kier molecular flexibility index (Phi) is 3.34. The van der Waals surface area contributed by atoms with Gasteiger partial charge in [-0.25, -0.2) is 0 Å². The van der Waals surface area contributed by atoms with Crippen molar-refractivity contribution in [2.45, 2.75) is 18.9 Å². The Hall–Kier alpha value is -2.42. The molecule has 3 aliphatic rings. The molecule has 0 bridgehead atoms. The number of hydrogen-bond donors (Lipinski definition) is 1. The predicted octanol–water partition coefficient (Wildman–Crippen LogP) is 0.151. The van der Waals surface area contributed by atoms with Crippen molar-refractivity contribution < 1.29 is 27.8 Å². The zero-order chi connectivity index (χ0) is 16.9. The van der Waals surface area contributed by atoms with E-state index in [1.54, 1.807) is 11.0 Å². The molecule has 0 saturated carbocycles. The minimum absolute atomic E-state index is 0.00160. The molecule has 1 atom stereocenters. The van der Waals surface area contributed by atoms with Crippen molar-refractivity contribution in [3.05, 3.63) is 23.8 Å². The van der Waals surface area contributed by atoms with Crippen molar-refractivity contribution in [1.29, 1.82) is 0 Å². The topological polar surface area (TPSA) is 71.1 Å². The van der Waals surface area contributed by atoms with E-state index in [1.165, 1.54) is 12.1 Å². The summed E-state index contributed by atoms with van der Waals surface area (Å²) in [5.41, 5.74) is 0.769. The highest BCUT2D eigenvalue weighted by atomic mass is 19.3.